The van der Waals surface area contributed by atoms with Crippen LogP contribution >= 0.6 is 43.6 Å². The van der Waals surface area contributed by atoms with Crippen molar-refractivity contribution in [1.82, 2.24) is 9.78 Å². The predicted octanol–water partition coefficient (Wildman–Crippen LogP) is 2.91. The van der Waals surface area contributed by atoms with E-state index in [-0.39, 0.29) is 5.56 Å². The van der Waals surface area contributed by atoms with Crippen LogP contribution in [0.5, 0.6) is 0 Å². The monoisotopic (exact) mass is 354 g/mol. The maximum Gasteiger partial charge on any atom is 0.282 e. The second-order valence-electron chi connectivity index (χ2n) is 2.89. The third kappa shape index (κ3) is 3.92. The Bertz CT molecular complexity index is 381. The van der Waals surface area contributed by atoms with Crippen molar-refractivity contribution in [2.24, 2.45) is 0 Å². The van der Waals surface area contributed by atoms with Gasteiger partial charge in [-0.15, -0.1) is 0 Å². The summed E-state index contributed by atoms with van der Waals surface area (Å²) in [6, 6.07) is 0. The molecule has 6 heteroatoms. The molecule has 3 nitrogen and oxygen atoms in total. The van der Waals surface area contributed by atoms with Crippen LogP contribution in [0, 0.1) is 0 Å². The van der Waals surface area contributed by atoms with Crippen LogP contribution in [0.1, 0.15) is 13.3 Å². The molecule has 0 atom stereocenters. The maximum absolute atomic E-state index is 11.7. The summed E-state index contributed by atoms with van der Waals surface area (Å²) in [5.74, 6) is 2.19. The molecule has 0 aromatic carbocycles. The van der Waals surface area contributed by atoms with Crippen molar-refractivity contribution in [3.63, 3.8) is 0 Å². The zero-order valence-corrected chi connectivity index (χ0v) is 12.4. The van der Waals surface area contributed by atoms with E-state index >= 15 is 0 Å². The largest absolute Gasteiger partial charge is 0.282 e. The van der Waals surface area contributed by atoms with E-state index in [0.717, 1.165) is 17.9 Å². The standard InChI is InChI=1S/C9H12Br2N2OS/c1-2-15-5-3-4-13-9(14)8(11)7(10)6-12-13/h6H,2-5H2,1H3. The first kappa shape index (κ1) is 13.3. The summed E-state index contributed by atoms with van der Waals surface area (Å²) in [7, 11) is 0. The van der Waals surface area contributed by atoms with Gasteiger partial charge in [0.15, 0.2) is 0 Å². The number of aryl methyl sites for hydroxylation is 1. The molecular weight excluding hydrogens is 344 g/mol. The lowest BCUT2D eigenvalue weighted by atomic mass is 10.5. The van der Waals surface area contributed by atoms with Crippen molar-refractivity contribution < 1.29 is 0 Å². The second kappa shape index (κ2) is 6.70. The molecule has 0 aliphatic carbocycles. The minimum atomic E-state index is -0.0779. The van der Waals surface area contributed by atoms with E-state index in [1.165, 1.54) is 4.68 Å². The van der Waals surface area contributed by atoms with E-state index in [4.69, 9.17) is 0 Å². The van der Waals surface area contributed by atoms with Crippen molar-refractivity contribution in [2.45, 2.75) is 19.9 Å². The Morgan fingerprint density at radius 2 is 2.27 bits per heavy atom. The van der Waals surface area contributed by atoms with Gasteiger partial charge >= 0.3 is 0 Å². The molecule has 15 heavy (non-hydrogen) atoms. The zero-order valence-electron chi connectivity index (χ0n) is 8.37. The van der Waals surface area contributed by atoms with Crippen molar-refractivity contribution in [1.29, 1.82) is 0 Å². The molecule has 0 bridgehead atoms. The van der Waals surface area contributed by atoms with Gasteiger partial charge in [0, 0.05) is 6.54 Å². The number of hydrogen-bond acceptors (Lipinski definition) is 3. The fourth-order valence-electron chi connectivity index (χ4n) is 1.06. The van der Waals surface area contributed by atoms with Crippen LogP contribution in [0.25, 0.3) is 0 Å². The molecule has 84 valence electrons. The smallest absolute Gasteiger partial charge is 0.266 e. The molecule has 0 radical (unpaired) electrons. The van der Waals surface area contributed by atoms with E-state index in [1.807, 2.05) is 11.8 Å². The number of thioether (sulfide) groups is 1. The Morgan fingerprint density at radius 1 is 1.53 bits per heavy atom. The van der Waals surface area contributed by atoms with Gasteiger partial charge in [0.05, 0.1) is 10.7 Å². The molecule has 0 fully saturated rings. The van der Waals surface area contributed by atoms with Crippen LogP contribution in [0.3, 0.4) is 0 Å². The minimum Gasteiger partial charge on any atom is -0.266 e. The van der Waals surface area contributed by atoms with Crippen LogP contribution < -0.4 is 5.56 Å². The lowest BCUT2D eigenvalue weighted by molar-refractivity contribution is 0.566. The van der Waals surface area contributed by atoms with Crippen molar-refractivity contribution >= 4 is 43.6 Å². The Kier molecular flexibility index (Phi) is 5.92. The fraction of sp³-hybridized carbons (Fsp3) is 0.556. The number of hydrogen-bond donors (Lipinski definition) is 0. The van der Waals surface area contributed by atoms with Gasteiger partial charge in [-0.3, -0.25) is 4.79 Å². The highest BCUT2D eigenvalue weighted by Gasteiger charge is 2.05. The molecule has 0 N–H and O–H groups in total. The maximum atomic E-state index is 11.7. The highest BCUT2D eigenvalue weighted by Crippen LogP contribution is 2.16. The molecule has 0 unspecified atom stereocenters. The predicted molar refractivity (Wildman–Crippen MR) is 71.5 cm³/mol. The zero-order chi connectivity index (χ0) is 11.3. The first-order valence-electron chi connectivity index (χ1n) is 4.65. The number of rotatable bonds is 5. The summed E-state index contributed by atoms with van der Waals surface area (Å²) in [5, 5.41) is 4.05. The van der Waals surface area contributed by atoms with E-state index in [1.54, 1.807) is 6.20 Å². The van der Waals surface area contributed by atoms with Gasteiger partial charge in [-0.2, -0.15) is 16.9 Å². The topological polar surface area (TPSA) is 34.9 Å². The van der Waals surface area contributed by atoms with Crippen molar-refractivity contribution in [3.8, 4) is 0 Å². The first-order chi connectivity index (χ1) is 7.16. The molecule has 1 aromatic heterocycles. The molecule has 0 aliphatic heterocycles. The molecule has 0 saturated heterocycles. The summed E-state index contributed by atoms with van der Waals surface area (Å²) in [4.78, 5) is 11.7. The van der Waals surface area contributed by atoms with Crippen LogP contribution in [0.2, 0.25) is 0 Å². The van der Waals surface area contributed by atoms with Crippen LogP contribution in [-0.2, 0) is 6.54 Å². The fourth-order valence-corrected chi connectivity index (χ4v) is 2.26. The Labute approximate surface area is 110 Å². The van der Waals surface area contributed by atoms with E-state index in [2.05, 4.69) is 43.9 Å². The van der Waals surface area contributed by atoms with Gasteiger partial charge in [0.25, 0.3) is 5.56 Å². The number of aromatic nitrogens is 2. The second-order valence-corrected chi connectivity index (χ2v) is 5.93. The Hall–Kier alpha value is 0.190. The number of halogens is 2. The summed E-state index contributed by atoms with van der Waals surface area (Å²) in [5.41, 5.74) is -0.0779. The molecule has 0 amide bonds. The van der Waals surface area contributed by atoms with Crippen LogP contribution in [0.4, 0.5) is 0 Å². The highest BCUT2D eigenvalue weighted by atomic mass is 79.9. The lowest BCUT2D eigenvalue weighted by Gasteiger charge is -2.04. The van der Waals surface area contributed by atoms with Crippen molar-refractivity contribution in [3.05, 3.63) is 25.5 Å². The third-order valence-electron chi connectivity index (χ3n) is 1.81. The highest BCUT2D eigenvalue weighted by molar-refractivity contribution is 9.13. The van der Waals surface area contributed by atoms with Gasteiger partial charge < -0.3 is 0 Å². The van der Waals surface area contributed by atoms with Gasteiger partial charge in [0.2, 0.25) is 0 Å². The molecular formula is C9H12Br2N2OS. The van der Waals surface area contributed by atoms with Gasteiger partial charge in [0.1, 0.15) is 4.47 Å². The van der Waals surface area contributed by atoms with Gasteiger partial charge in [-0.1, -0.05) is 6.92 Å². The Balaban J connectivity index is 2.63. The average molecular weight is 356 g/mol. The third-order valence-corrected chi connectivity index (χ3v) is 4.69. The molecule has 1 rings (SSSR count). The average Bonchev–Trinajstić information content (AvgIpc) is 2.24. The summed E-state index contributed by atoms with van der Waals surface area (Å²) < 4.78 is 2.73. The van der Waals surface area contributed by atoms with Gasteiger partial charge in [-0.25, -0.2) is 4.68 Å². The first-order valence-corrected chi connectivity index (χ1v) is 7.39. The normalized spacial score (nSPS) is 10.6. The van der Waals surface area contributed by atoms with Crippen molar-refractivity contribution in [2.75, 3.05) is 11.5 Å². The van der Waals surface area contributed by atoms with Gasteiger partial charge in [-0.05, 0) is 49.8 Å². The summed E-state index contributed by atoms with van der Waals surface area (Å²) in [6.07, 6.45) is 2.61. The van der Waals surface area contributed by atoms with E-state index < -0.39 is 0 Å². The summed E-state index contributed by atoms with van der Waals surface area (Å²) >= 11 is 8.35. The quantitative estimate of drug-likeness (QED) is 0.761. The Morgan fingerprint density at radius 3 is 2.93 bits per heavy atom. The van der Waals surface area contributed by atoms with Crippen LogP contribution in [-0.4, -0.2) is 21.3 Å². The summed E-state index contributed by atoms with van der Waals surface area (Å²) in [6.45, 7) is 2.81. The van der Waals surface area contributed by atoms with E-state index in [9.17, 15) is 4.79 Å². The molecule has 1 heterocycles. The van der Waals surface area contributed by atoms with E-state index in [0.29, 0.717) is 15.5 Å². The molecule has 0 aliphatic rings. The van der Waals surface area contributed by atoms with Crippen LogP contribution in [0.15, 0.2) is 19.9 Å². The lowest BCUT2D eigenvalue weighted by Crippen LogP contribution is -2.23. The minimum absolute atomic E-state index is 0.0779. The molecule has 0 spiro atoms. The molecule has 0 saturated carbocycles. The SMILES string of the molecule is CCSCCCn1ncc(Br)c(Br)c1=O. The molecule has 1 aromatic rings. The number of nitrogens with zero attached hydrogens (tertiary/aromatic N) is 2.